The molecule has 2 N–H and O–H groups in total. The van der Waals surface area contributed by atoms with E-state index in [0.717, 1.165) is 0 Å². The van der Waals surface area contributed by atoms with Crippen LogP contribution in [0.5, 0.6) is 0 Å². The van der Waals surface area contributed by atoms with Crippen LogP contribution in [0.25, 0.3) is 0 Å². The Hall–Kier alpha value is -0.830. The fraction of sp³-hybridized carbons (Fsp3) is 0.400. The van der Waals surface area contributed by atoms with Gasteiger partial charge in [-0.3, -0.25) is 4.79 Å². The number of carbonyl (C=O) groups is 1. The lowest BCUT2D eigenvalue weighted by Gasteiger charge is -1.99. The normalized spacial score (nSPS) is 12.2. The molecule has 0 radical (unpaired) electrons. The third-order valence-electron chi connectivity index (χ3n) is 0.624. The van der Waals surface area contributed by atoms with Crippen molar-refractivity contribution in [1.29, 1.82) is 0 Å². The summed E-state index contributed by atoms with van der Waals surface area (Å²) in [5.74, 6) is -0.431. The number of carbonyl (C=O) groups excluding carboxylic acids is 1. The number of hydrogen-bond acceptors (Lipinski definition) is 2. The molecule has 0 fully saturated rings. The van der Waals surface area contributed by atoms with E-state index in [1.165, 1.54) is 13.1 Å². The number of aliphatic hydroxyl groups excluding tert-OH is 1. The summed E-state index contributed by atoms with van der Waals surface area (Å²) >= 11 is 0. The Morgan fingerprint density at radius 2 is 2.50 bits per heavy atom. The van der Waals surface area contributed by atoms with E-state index >= 15 is 0 Å². The van der Waals surface area contributed by atoms with Gasteiger partial charge in [0, 0.05) is 0 Å². The molecule has 3 nitrogen and oxygen atoms in total. The van der Waals surface area contributed by atoms with Crippen LogP contribution in [0.15, 0.2) is 12.8 Å². The van der Waals surface area contributed by atoms with Gasteiger partial charge in [0.1, 0.15) is 6.10 Å². The quantitative estimate of drug-likeness (QED) is 0.515. The van der Waals surface area contributed by atoms with E-state index in [4.69, 9.17) is 5.11 Å². The predicted molar refractivity (Wildman–Crippen MR) is 30.0 cm³/mol. The maximum absolute atomic E-state index is 10.3. The third-order valence-corrected chi connectivity index (χ3v) is 0.624. The number of rotatable bonds is 2. The molecule has 0 heterocycles. The molecule has 0 aromatic rings. The highest BCUT2D eigenvalue weighted by Gasteiger charge is 2.03. The molecule has 0 saturated carbocycles. The van der Waals surface area contributed by atoms with E-state index in [9.17, 15) is 4.79 Å². The summed E-state index contributed by atoms with van der Waals surface area (Å²) in [6.07, 6.45) is 0.280. The van der Waals surface area contributed by atoms with Crippen LogP contribution in [0.2, 0.25) is 0 Å². The summed E-state index contributed by atoms with van der Waals surface area (Å²) in [7, 11) is 0. The van der Waals surface area contributed by atoms with Crippen LogP contribution in [0.4, 0.5) is 0 Å². The minimum Gasteiger partial charge on any atom is -0.384 e. The van der Waals surface area contributed by atoms with Crippen molar-refractivity contribution in [2.24, 2.45) is 0 Å². The average Bonchev–Trinajstić information content (AvgIpc) is 1.67. The van der Waals surface area contributed by atoms with Crippen molar-refractivity contribution in [3.63, 3.8) is 0 Å². The van der Waals surface area contributed by atoms with Crippen molar-refractivity contribution < 1.29 is 9.90 Å². The van der Waals surface area contributed by atoms with Crippen molar-refractivity contribution in [3.05, 3.63) is 12.8 Å². The fourth-order valence-corrected chi connectivity index (χ4v) is 0.221. The molecular weight excluding hydrogens is 106 g/mol. The molecule has 1 atom stereocenters. The zero-order valence-electron chi connectivity index (χ0n) is 4.72. The maximum atomic E-state index is 10.3. The van der Waals surface area contributed by atoms with Gasteiger partial charge in [-0.25, -0.2) is 0 Å². The molecule has 3 heteroatoms. The Bertz CT molecular complexity index is 98.6. The van der Waals surface area contributed by atoms with Crippen molar-refractivity contribution in [2.45, 2.75) is 13.0 Å². The Labute approximate surface area is 48.0 Å². The topological polar surface area (TPSA) is 49.3 Å². The largest absolute Gasteiger partial charge is 0.384 e. The smallest absolute Gasteiger partial charge is 0.252 e. The summed E-state index contributed by atoms with van der Waals surface area (Å²) in [4.78, 5) is 10.3. The molecule has 0 aliphatic carbocycles. The minimum absolute atomic E-state index is 0.431. The van der Waals surface area contributed by atoms with Crippen LogP contribution in [-0.2, 0) is 4.79 Å². The van der Waals surface area contributed by atoms with E-state index in [-0.39, 0.29) is 0 Å². The van der Waals surface area contributed by atoms with Gasteiger partial charge in [0.05, 0.1) is 0 Å². The Morgan fingerprint density at radius 3 is 2.62 bits per heavy atom. The molecule has 0 saturated heterocycles. The molecular formula is C5H9NO2. The molecule has 0 aromatic heterocycles. The highest BCUT2D eigenvalue weighted by molar-refractivity contribution is 5.80. The molecule has 8 heavy (non-hydrogen) atoms. The van der Waals surface area contributed by atoms with Gasteiger partial charge < -0.3 is 10.4 Å². The summed E-state index contributed by atoms with van der Waals surface area (Å²) in [6.45, 7) is 4.63. The summed E-state index contributed by atoms with van der Waals surface area (Å²) < 4.78 is 0. The van der Waals surface area contributed by atoms with Gasteiger partial charge in [-0.2, -0.15) is 0 Å². The summed E-state index contributed by atoms with van der Waals surface area (Å²) in [5, 5.41) is 10.7. The first-order valence-corrected chi connectivity index (χ1v) is 2.28. The lowest BCUT2D eigenvalue weighted by Crippen LogP contribution is -2.27. The lowest BCUT2D eigenvalue weighted by molar-refractivity contribution is -0.127. The van der Waals surface area contributed by atoms with Gasteiger partial charge in [0.2, 0.25) is 0 Å². The summed E-state index contributed by atoms with van der Waals surface area (Å²) in [5.41, 5.74) is 0. The summed E-state index contributed by atoms with van der Waals surface area (Å²) in [6, 6.07) is 0. The van der Waals surface area contributed by atoms with E-state index in [0.29, 0.717) is 0 Å². The Morgan fingerprint density at radius 1 is 2.00 bits per heavy atom. The van der Waals surface area contributed by atoms with Crippen molar-refractivity contribution in [1.82, 2.24) is 5.32 Å². The molecule has 0 rings (SSSR count). The van der Waals surface area contributed by atoms with E-state index < -0.39 is 12.0 Å². The number of amides is 1. The van der Waals surface area contributed by atoms with E-state index in [1.54, 1.807) is 0 Å². The second-order valence-electron chi connectivity index (χ2n) is 1.39. The van der Waals surface area contributed by atoms with Gasteiger partial charge >= 0.3 is 0 Å². The second-order valence-corrected chi connectivity index (χ2v) is 1.39. The second kappa shape index (κ2) is 3.21. The molecule has 0 spiro atoms. The van der Waals surface area contributed by atoms with Crippen LogP contribution in [-0.4, -0.2) is 17.1 Å². The van der Waals surface area contributed by atoms with Crippen molar-refractivity contribution in [3.8, 4) is 0 Å². The maximum Gasteiger partial charge on any atom is 0.252 e. The van der Waals surface area contributed by atoms with Gasteiger partial charge in [-0.05, 0) is 13.1 Å². The predicted octanol–water partition coefficient (Wildman–Crippen LogP) is -0.373. The fourth-order valence-electron chi connectivity index (χ4n) is 0.221. The number of nitrogens with one attached hydrogen (secondary N) is 1. The monoisotopic (exact) mass is 115 g/mol. The molecule has 1 amide bonds. The molecule has 0 bridgehead atoms. The SMILES string of the molecule is C=CNC(=O)C(C)O. The zero-order valence-corrected chi connectivity index (χ0v) is 4.72. The van der Waals surface area contributed by atoms with Crippen LogP contribution in [0.3, 0.4) is 0 Å². The molecule has 1 unspecified atom stereocenters. The van der Waals surface area contributed by atoms with Gasteiger partial charge in [-0.1, -0.05) is 6.58 Å². The molecule has 0 aromatic carbocycles. The lowest BCUT2D eigenvalue weighted by atomic mass is 10.4. The highest BCUT2D eigenvalue weighted by atomic mass is 16.3. The standard InChI is InChI=1S/C5H9NO2/c1-3-6-5(8)4(2)7/h3-4,7H,1H2,2H3,(H,6,8). The van der Waals surface area contributed by atoms with Crippen molar-refractivity contribution in [2.75, 3.05) is 0 Å². The minimum atomic E-state index is -0.951. The van der Waals surface area contributed by atoms with Gasteiger partial charge in [0.25, 0.3) is 5.91 Å². The highest BCUT2D eigenvalue weighted by Crippen LogP contribution is 1.76. The van der Waals surface area contributed by atoms with E-state index in [1.807, 2.05) is 0 Å². The number of hydrogen-bond donors (Lipinski definition) is 2. The Kier molecular flexibility index (Phi) is 2.88. The van der Waals surface area contributed by atoms with Crippen LogP contribution >= 0.6 is 0 Å². The van der Waals surface area contributed by atoms with E-state index in [2.05, 4.69) is 11.9 Å². The third kappa shape index (κ3) is 2.36. The van der Waals surface area contributed by atoms with Crippen LogP contribution in [0, 0.1) is 0 Å². The van der Waals surface area contributed by atoms with Crippen LogP contribution in [0.1, 0.15) is 6.92 Å². The first-order valence-electron chi connectivity index (χ1n) is 2.28. The molecule has 46 valence electrons. The van der Waals surface area contributed by atoms with Gasteiger partial charge in [-0.15, -0.1) is 0 Å². The van der Waals surface area contributed by atoms with Gasteiger partial charge in [0.15, 0.2) is 0 Å². The first kappa shape index (κ1) is 7.17. The molecule has 0 aliphatic heterocycles. The first-order chi connectivity index (χ1) is 3.68. The van der Waals surface area contributed by atoms with Crippen molar-refractivity contribution >= 4 is 5.91 Å². The number of aliphatic hydroxyl groups is 1. The average molecular weight is 115 g/mol. The van der Waals surface area contributed by atoms with Crippen LogP contribution < -0.4 is 5.32 Å². The Balaban J connectivity index is 3.48. The molecule has 0 aliphatic rings. The zero-order chi connectivity index (χ0) is 6.57.